The van der Waals surface area contributed by atoms with E-state index < -0.39 is 30.0 Å². The van der Waals surface area contributed by atoms with Crippen LogP contribution < -0.4 is 0 Å². The van der Waals surface area contributed by atoms with Gasteiger partial charge >= 0.3 is 11.9 Å². The number of carbonyl (C=O) groups excluding carboxylic acids is 2. The summed E-state index contributed by atoms with van der Waals surface area (Å²) >= 11 is 0. The first kappa shape index (κ1) is 23.1. The Bertz CT molecular complexity index is 1480. The molecule has 3 nitrogen and oxygen atoms in total. The Labute approximate surface area is 223 Å². The standard InChI is InChI=1S/C34H28O3Si/c1-38(2)33(25-19-11-5-12-20-25)27(23-15-7-3-8-16-23)28(24-17-9-4-10-18-24)34(38,26-21-13-6-14-22-26)30-29(33)31(35)37-32(30)36/h3-22,29-30H,1-2H3. The monoisotopic (exact) mass is 512 g/mol. The first-order valence-corrected chi connectivity index (χ1v) is 16.2. The van der Waals surface area contributed by atoms with Crippen LogP contribution in [0.3, 0.4) is 0 Å². The number of esters is 2. The van der Waals surface area contributed by atoms with E-state index in [-0.39, 0.29) is 11.9 Å². The molecular weight excluding hydrogens is 484 g/mol. The number of fused-ring (bicyclic) bond motifs is 5. The molecule has 186 valence electrons. The summed E-state index contributed by atoms with van der Waals surface area (Å²) in [5, 5.41) is -1.32. The number of cyclic esters (lactones) is 2. The molecule has 0 saturated carbocycles. The molecule has 0 N–H and O–H groups in total. The molecule has 0 amide bonds. The Hall–Kier alpha value is -4.02. The van der Waals surface area contributed by atoms with Crippen LogP contribution >= 0.6 is 0 Å². The average molecular weight is 513 g/mol. The highest BCUT2D eigenvalue weighted by Crippen LogP contribution is 2.78. The Morgan fingerprint density at radius 2 is 0.842 bits per heavy atom. The first-order chi connectivity index (χ1) is 18.5. The van der Waals surface area contributed by atoms with Gasteiger partial charge in [0.15, 0.2) is 0 Å². The van der Waals surface area contributed by atoms with Crippen molar-refractivity contribution in [3.05, 3.63) is 144 Å². The third-order valence-corrected chi connectivity index (χ3v) is 15.2. The van der Waals surface area contributed by atoms with Gasteiger partial charge in [-0.2, -0.15) is 0 Å². The smallest absolute Gasteiger partial charge is 0.318 e. The molecule has 3 heterocycles. The van der Waals surface area contributed by atoms with Crippen molar-refractivity contribution in [2.24, 2.45) is 11.8 Å². The second-order valence-corrected chi connectivity index (χ2v) is 16.0. The largest absolute Gasteiger partial charge is 0.393 e. The average Bonchev–Trinajstić information content (AvgIpc) is 3.44. The Morgan fingerprint density at radius 1 is 0.526 bits per heavy atom. The lowest BCUT2D eigenvalue weighted by molar-refractivity contribution is -0.154. The van der Waals surface area contributed by atoms with E-state index in [1.165, 1.54) is 11.1 Å². The predicted molar refractivity (Wildman–Crippen MR) is 151 cm³/mol. The van der Waals surface area contributed by atoms with Crippen molar-refractivity contribution in [3.8, 4) is 0 Å². The van der Waals surface area contributed by atoms with Crippen LogP contribution in [-0.2, 0) is 24.4 Å². The van der Waals surface area contributed by atoms with Gasteiger partial charge in [0.2, 0.25) is 0 Å². The highest BCUT2D eigenvalue weighted by atomic mass is 28.3. The van der Waals surface area contributed by atoms with Crippen LogP contribution in [0.4, 0.5) is 0 Å². The minimum absolute atomic E-state index is 0.386. The Kier molecular flexibility index (Phi) is 4.86. The van der Waals surface area contributed by atoms with Gasteiger partial charge in [-0.05, 0) is 33.4 Å². The van der Waals surface area contributed by atoms with Crippen LogP contribution in [0.1, 0.15) is 22.3 Å². The molecule has 2 bridgehead atoms. The summed E-state index contributed by atoms with van der Waals surface area (Å²) in [6.45, 7) is 4.79. The zero-order chi connectivity index (χ0) is 26.1. The number of carbonyl (C=O) groups is 2. The number of hydrogen-bond donors (Lipinski definition) is 0. The molecular formula is C34H28O3Si. The molecule has 4 aromatic carbocycles. The number of hydrogen-bond acceptors (Lipinski definition) is 3. The fourth-order valence-corrected chi connectivity index (χ4v) is 14.8. The van der Waals surface area contributed by atoms with Crippen LogP contribution in [0.5, 0.6) is 0 Å². The zero-order valence-electron chi connectivity index (χ0n) is 21.4. The van der Waals surface area contributed by atoms with E-state index in [9.17, 15) is 9.59 Å². The van der Waals surface area contributed by atoms with Crippen molar-refractivity contribution in [2.45, 2.75) is 23.2 Å². The second kappa shape index (κ2) is 7.99. The van der Waals surface area contributed by atoms with E-state index in [0.29, 0.717) is 0 Å². The van der Waals surface area contributed by atoms with E-state index in [1.807, 2.05) is 24.3 Å². The molecule has 4 unspecified atom stereocenters. The molecule has 0 aromatic heterocycles. The van der Waals surface area contributed by atoms with Gasteiger partial charge in [0.1, 0.15) is 0 Å². The molecule has 0 spiro atoms. The maximum atomic E-state index is 13.9. The molecule has 2 saturated heterocycles. The van der Waals surface area contributed by atoms with Crippen molar-refractivity contribution < 1.29 is 14.3 Å². The van der Waals surface area contributed by atoms with Gasteiger partial charge < -0.3 is 4.74 Å². The van der Waals surface area contributed by atoms with Gasteiger partial charge in [-0.1, -0.05) is 134 Å². The topological polar surface area (TPSA) is 43.4 Å². The molecule has 2 fully saturated rings. The highest BCUT2D eigenvalue weighted by Gasteiger charge is 2.85. The third-order valence-electron chi connectivity index (χ3n) is 9.57. The fraction of sp³-hybridized carbons (Fsp3) is 0.176. The quantitative estimate of drug-likeness (QED) is 0.176. The van der Waals surface area contributed by atoms with E-state index in [2.05, 4.69) is 110 Å². The Balaban J connectivity index is 1.76. The minimum Gasteiger partial charge on any atom is -0.393 e. The van der Waals surface area contributed by atoms with Crippen molar-refractivity contribution in [1.82, 2.24) is 0 Å². The molecule has 4 heteroatoms. The molecule has 0 radical (unpaired) electrons. The lowest BCUT2D eigenvalue weighted by Gasteiger charge is -2.45. The van der Waals surface area contributed by atoms with E-state index >= 15 is 0 Å². The summed E-state index contributed by atoms with van der Waals surface area (Å²) in [5.74, 6) is -1.94. The molecule has 0 aliphatic carbocycles. The number of rotatable bonds is 4. The van der Waals surface area contributed by atoms with E-state index in [1.54, 1.807) is 0 Å². The normalized spacial score (nSPS) is 28.9. The second-order valence-electron chi connectivity index (χ2n) is 11.2. The molecule has 7 rings (SSSR count). The Morgan fingerprint density at radius 3 is 1.18 bits per heavy atom. The summed E-state index contributed by atoms with van der Waals surface area (Å²) in [4.78, 5) is 27.7. The summed E-state index contributed by atoms with van der Waals surface area (Å²) in [6, 6.07) is 41.8. The summed E-state index contributed by atoms with van der Waals surface area (Å²) in [5.41, 5.74) is 6.73. The number of ether oxygens (including phenoxy) is 1. The molecule has 3 aliphatic rings. The van der Waals surface area contributed by atoms with E-state index in [0.717, 1.165) is 22.3 Å². The lowest BCUT2D eigenvalue weighted by Crippen LogP contribution is -2.58. The minimum atomic E-state index is -2.68. The van der Waals surface area contributed by atoms with Gasteiger partial charge in [-0.3, -0.25) is 9.59 Å². The van der Waals surface area contributed by atoms with Crippen molar-refractivity contribution in [2.75, 3.05) is 0 Å². The summed E-state index contributed by atoms with van der Waals surface area (Å²) in [6.07, 6.45) is 0. The summed E-state index contributed by atoms with van der Waals surface area (Å²) in [7, 11) is -2.68. The summed E-state index contributed by atoms with van der Waals surface area (Å²) < 4.78 is 5.58. The first-order valence-electron chi connectivity index (χ1n) is 13.2. The molecule has 4 atom stereocenters. The van der Waals surface area contributed by atoms with Crippen LogP contribution in [0.15, 0.2) is 121 Å². The van der Waals surface area contributed by atoms with Gasteiger partial charge in [0.05, 0.1) is 19.9 Å². The lowest BCUT2D eigenvalue weighted by atomic mass is 9.59. The molecule has 3 aliphatic heterocycles. The van der Waals surface area contributed by atoms with E-state index in [4.69, 9.17) is 4.74 Å². The van der Waals surface area contributed by atoms with Crippen molar-refractivity contribution >= 4 is 31.2 Å². The van der Waals surface area contributed by atoms with Gasteiger partial charge in [-0.25, -0.2) is 0 Å². The highest BCUT2D eigenvalue weighted by molar-refractivity contribution is 6.90. The van der Waals surface area contributed by atoms with Crippen molar-refractivity contribution in [3.63, 3.8) is 0 Å². The van der Waals surface area contributed by atoms with Gasteiger partial charge in [0, 0.05) is 10.1 Å². The zero-order valence-corrected chi connectivity index (χ0v) is 22.4. The third kappa shape index (κ3) is 2.54. The van der Waals surface area contributed by atoms with Crippen LogP contribution in [0.25, 0.3) is 11.1 Å². The number of benzene rings is 4. The molecule has 4 aromatic rings. The van der Waals surface area contributed by atoms with Crippen LogP contribution in [0, 0.1) is 11.8 Å². The van der Waals surface area contributed by atoms with Crippen LogP contribution in [0.2, 0.25) is 13.1 Å². The molecule has 38 heavy (non-hydrogen) atoms. The van der Waals surface area contributed by atoms with Crippen LogP contribution in [-0.4, -0.2) is 20.0 Å². The fourth-order valence-electron chi connectivity index (χ4n) is 8.50. The predicted octanol–water partition coefficient (Wildman–Crippen LogP) is 6.60. The maximum absolute atomic E-state index is 13.9. The van der Waals surface area contributed by atoms with Crippen molar-refractivity contribution in [1.29, 1.82) is 0 Å². The SMILES string of the molecule is C[Si]1(C)C2(c3ccccc3)C(c3ccccc3)=C(c3ccccc3)C1(c1ccccc1)C1C(=O)OC(=O)C12. The maximum Gasteiger partial charge on any atom is 0.318 e. The van der Waals surface area contributed by atoms with Gasteiger partial charge in [-0.15, -0.1) is 0 Å². The number of allylic oxidation sites excluding steroid dienone is 2. The van der Waals surface area contributed by atoms with Gasteiger partial charge in [0.25, 0.3) is 0 Å².